The maximum absolute atomic E-state index is 3.91. The average Bonchev–Trinajstić information content (AvgIpc) is 3.67. The van der Waals surface area contributed by atoms with Crippen LogP contribution in [0.4, 0.5) is 17.1 Å². The Bertz CT molecular complexity index is 2310. The average molecular weight is 587 g/mol. The predicted molar refractivity (Wildman–Crippen MR) is 190 cm³/mol. The highest BCUT2D eigenvalue weighted by molar-refractivity contribution is 5.99. The minimum absolute atomic E-state index is 0.0130. The lowest BCUT2D eigenvalue weighted by molar-refractivity contribution is 0.720. The van der Waals surface area contributed by atoms with Crippen molar-refractivity contribution in [1.82, 2.24) is 0 Å². The van der Waals surface area contributed by atoms with E-state index in [-0.39, 0.29) is 6.17 Å². The van der Waals surface area contributed by atoms with Gasteiger partial charge >= 0.3 is 0 Å². The van der Waals surface area contributed by atoms with Crippen molar-refractivity contribution in [2.24, 2.45) is 0 Å². The molecule has 46 heavy (non-hydrogen) atoms. The van der Waals surface area contributed by atoms with Gasteiger partial charge in [-0.2, -0.15) is 0 Å². The third kappa shape index (κ3) is 3.36. The summed E-state index contributed by atoms with van der Waals surface area (Å²) in [5.74, 6) is 0. The third-order valence-corrected chi connectivity index (χ3v) is 10.3. The van der Waals surface area contributed by atoms with Crippen molar-refractivity contribution in [3.05, 3.63) is 198 Å². The summed E-state index contributed by atoms with van der Waals surface area (Å²) in [6, 6.07) is 62.6. The summed E-state index contributed by atoms with van der Waals surface area (Å²) in [4.78, 5) is 2.54. The van der Waals surface area contributed by atoms with Crippen LogP contribution >= 0.6 is 0 Å². The topological polar surface area (TPSA) is 15.3 Å². The van der Waals surface area contributed by atoms with Crippen molar-refractivity contribution in [2.45, 2.75) is 11.6 Å². The van der Waals surface area contributed by atoms with E-state index in [9.17, 15) is 0 Å². The van der Waals surface area contributed by atoms with Crippen LogP contribution in [0.25, 0.3) is 33.4 Å². The molecule has 216 valence electrons. The minimum atomic E-state index is -0.454. The highest BCUT2D eigenvalue weighted by Gasteiger charge is 2.54. The molecule has 2 heterocycles. The zero-order valence-corrected chi connectivity index (χ0v) is 25.2. The van der Waals surface area contributed by atoms with Crippen LogP contribution in [0.2, 0.25) is 0 Å². The van der Waals surface area contributed by atoms with E-state index >= 15 is 0 Å². The minimum Gasteiger partial charge on any atom is -0.359 e. The molecule has 2 unspecified atom stereocenters. The van der Waals surface area contributed by atoms with E-state index in [1.165, 1.54) is 78.3 Å². The molecule has 0 radical (unpaired) electrons. The van der Waals surface area contributed by atoms with Crippen molar-refractivity contribution >= 4 is 17.1 Å². The molecular weight excluding hydrogens is 556 g/mol. The Morgan fingerprint density at radius 1 is 0.435 bits per heavy atom. The van der Waals surface area contributed by atoms with Crippen molar-refractivity contribution in [3.8, 4) is 33.4 Å². The van der Waals surface area contributed by atoms with Gasteiger partial charge in [0.05, 0.1) is 16.8 Å². The Morgan fingerprint density at radius 3 is 1.89 bits per heavy atom. The molecule has 3 aliphatic rings. The van der Waals surface area contributed by atoms with Crippen molar-refractivity contribution < 1.29 is 0 Å². The van der Waals surface area contributed by atoms with E-state index in [0.29, 0.717) is 0 Å². The summed E-state index contributed by atoms with van der Waals surface area (Å²) < 4.78 is 0. The summed E-state index contributed by atoms with van der Waals surface area (Å²) in [6.07, 6.45) is 0.0130. The maximum atomic E-state index is 3.91. The van der Waals surface area contributed by atoms with Gasteiger partial charge in [0.25, 0.3) is 0 Å². The third-order valence-electron chi connectivity index (χ3n) is 10.3. The van der Waals surface area contributed by atoms with E-state index in [1.54, 1.807) is 0 Å². The second-order valence-electron chi connectivity index (χ2n) is 12.5. The van der Waals surface area contributed by atoms with Crippen LogP contribution in [-0.4, -0.2) is 0 Å². The Morgan fingerprint density at radius 2 is 1.04 bits per heavy atom. The number of anilines is 3. The Labute approximate surface area is 269 Å². The molecule has 1 N–H and O–H groups in total. The van der Waals surface area contributed by atoms with Crippen molar-refractivity contribution in [2.75, 3.05) is 10.2 Å². The van der Waals surface area contributed by atoms with Gasteiger partial charge in [0.1, 0.15) is 6.17 Å². The summed E-state index contributed by atoms with van der Waals surface area (Å²) in [6.45, 7) is 0. The molecule has 0 amide bonds. The molecule has 7 aromatic carbocycles. The molecule has 0 saturated heterocycles. The maximum Gasteiger partial charge on any atom is 0.130 e. The normalized spacial score (nSPS) is 18.0. The Balaban J connectivity index is 1.25. The second kappa shape index (κ2) is 9.57. The summed E-state index contributed by atoms with van der Waals surface area (Å²) in [7, 11) is 0. The first-order chi connectivity index (χ1) is 22.8. The fourth-order valence-corrected chi connectivity index (χ4v) is 8.38. The lowest BCUT2D eigenvalue weighted by Gasteiger charge is -2.44. The molecule has 10 rings (SSSR count). The zero-order valence-electron chi connectivity index (χ0n) is 25.2. The molecule has 2 aliphatic heterocycles. The fourth-order valence-electron chi connectivity index (χ4n) is 8.38. The molecule has 2 nitrogen and oxygen atoms in total. The number of nitrogens with zero attached hydrogens (tertiary/aromatic N) is 1. The SMILES string of the molecule is c1ccc(-c2cccc(-c3ccc4c(c3)C3(c5ccccc5-4)c4ccccc4N4c5c(cccc53)NC4c3ccccc3)c2)cc1. The molecule has 0 fully saturated rings. The molecule has 7 aromatic rings. The standard InChI is InChI=1S/C44H30N2/c1-3-13-29(14-4-1)31-17-11-18-32(27-31)33-25-26-35-34-19-7-8-20-36(34)44(39(35)28-33)37-21-9-10-24-41(37)46-42-38(44)22-12-23-40(42)45-43(46)30-15-5-2-6-16-30/h1-28,43,45H. The van der Waals surface area contributed by atoms with Gasteiger partial charge < -0.3 is 10.2 Å². The number of hydrogen-bond donors (Lipinski definition) is 1. The monoisotopic (exact) mass is 586 g/mol. The fraction of sp³-hybridized carbons (Fsp3) is 0.0455. The zero-order chi connectivity index (χ0) is 30.2. The summed E-state index contributed by atoms with van der Waals surface area (Å²) in [5.41, 5.74) is 17.4. The summed E-state index contributed by atoms with van der Waals surface area (Å²) >= 11 is 0. The number of para-hydroxylation sites is 2. The smallest absolute Gasteiger partial charge is 0.130 e. The van der Waals surface area contributed by atoms with Crippen molar-refractivity contribution in [3.63, 3.8) is 0 Å². The van der Waals surface area contributed by atoms with Crippen LogP contribution in [0, 0.1) is 0 Å². The van der Waals surface area contributed by atoms with Gasteiger partial charge in [-0.05, 0) is 85.5 Å². The van der Waals surface area contributed by atoms with E-state index in [4.69, 9.17) is 0 Å². The van der Waals surface area contributed by atoms with Gasteiger partial charge in [-0.15, -0.1) is 0 Å². The number of hydrogen-bond acceptors (Lipinski definition) is 2. The molecule has 0 saturated carbocycles. The lowest BCUT2D eigenvalue weighted by Crippen LogP contribution is -2.37. The first-order valence-electron chi connectivity index (χ1n) is 16.1. The van der Waals surface area contributed by atoms with Crippen LogP contribution in [0.5, 0.6) is 0 Å². The Kier molecular flexibility index (Phi) is 5.30. The summed E-state index contributed by atoms with van der Waals surface area (Å²) in [5, 5.41) is 3.91. The van der Waals surface area contributed by atoms with E-state index in [2.05, 4.69) is 180 Å². The number of rotatable bonds is 3. The van der Waals surface area contributed by atoms with Crippen LogP contribution in [0.1, 0.15) is 34.0 Å². The molecule has 0 bridgehead atoms. The van der Waals surface area contributed by atoms with Crippen LogP contribution in [0.3, 0.4) is 0 Å². The van der Waals surface area contributed by atoms with Crippen LogP contribution in [-0.2, 0) is 5.41 Å². The van der Waals surface area contributed by atoms with Gasteiger partial charge in [0.2, 0.25) is 0 Å². The number of benzene rings is 7. The molecular formula is C44H30N2. The first kappa shape index (κ1) is 25.5. The highest BCUT2D eigenvalue weighted by atomic mass is 15.3. The van der Waals surface area contributed by atoms with E-state index in [0.717, 1.165) is 0 Å². The van der Waals surface area contributed by atoms with Gasteiger partial charge in [0, 0.05) is 5.69 Å². The highest BCUT2D eigenvalue weighted by Crippen LogP contribution is 2.66. The number of nitrogens with one attached hydrogen (secondary N) is 1. The quantitative estimate of drug-likeness (QED) is 0.222. The molecule has 1 spiro atoms. The largest absolute Gasteiger partial charge is 0.359 e. The first-order valence-corrected chi connectivity index (χ1v) is 16.1. The van der Waals surface area contributed by atoms with E-state index in [1.807, 2.05) is 0 Å². The van der Waals surface area contributed by atoms with Gasteiger partial charge in [-0.25, -0.2) is 0 Å². The lowest BCUT2D eigenvalue weighted by atomic mass is 9.64. The predicted octanol–water partition coefficient (Wildman–Crippen LogP) is 11.0. The molecule has 2 atom stereocenters. The van der Waals surface area contributed by atoms with Gasteiger partial charge in [-0.3, -0.25) is 0 Å². The van der Waals surface area contributed by atoms with Gasteiger partial charge in [0.15, 0.2) is 0 Å². The van der Waals surface area contributed by atoms with E-state index < -0.39 is 5.41 Å². The molecule has 0 aromatic heterocycles. The second-order valence-corrected chi connectivity index (χ2v) is 12.5. The molecule has 1 aliphatic carbocycles. The van der Waals surface area contributed by atoms with Crippen LogP contribution in [0.15, 0.2) is 170 Å². The number of fused-ring (bicyclic) bond motifs is 9. The molecule has 2 heteroatoms. The van der Waals surface area contributed by atoms with Gasteiger partial charge in [-0.1, -0.05) is 146 Å². The van der Waals surface area contributed by atoms with Crippen molar-refractivity contribution in [1.29, 1.82) is 0 Å². The Hall–Kier alpha value is -5.86. The van der Waals surface area contributed by atoms with Crippen LogP contribution < -0.4 is 10.2 Å².